The second kappa shape index (κ2) is 6.40. The van der Waals surface area contributed by atoms with Crippen molar-refractivity contribution in [1.82, 2.24) is 4.90 Å². The van der Waals surface area contributed by atoms with Gasteiger partial charge in [0, 0.05) is 0 Å². The van der Waals surface area contributed by atoms with Crippen molar-refractivity contribution >= 4 is 5.97 Å². The molecule has 0 spiro atoms. The molecule has 0 aliphatic heterocycles. The molecule has 0 saturated heterocycles. The van der Waals surface area contributed by atoms with Gasteiger partial charge in [-0.15, -0.1) is 0 Å². The summed E-state index contributed by atoms with van der Waals surface area (Å²) in [6, 6.07) is 8.55. The maximum Gasteiger partial charge on any atom is 0.308 e. The molecule has 2 rings (SSSR count). The lowest BCUT2D eigenvalue weighted by atomic mass is 9.80. The van der Waals surface area contributed by atoms with Gasteiger partial charge in [-0.25, -0.2) is 0 Å². The summed E-state index contributed by atoms with van der Waals surface area (Å²) in [6.07, 6.45) is 4.89. The Morgan fingerprint density at radius 2 is 2.05 bits per heavy atom. The van der Waals surface area contributed by atoms with Gasteiger partial charge >= 0.3 is 5.97 Å². The van der Waals surface area contributed by atoms with E-state index in [0.717, 1.165) is 19.3 Å². The highest BCUT2D eigenvalue weighted by atomic mass is 16.5. The minimum atomic E-state index is -0.223. The normalized spacial score (nSPS) is 22.2. The smallest absolute Gasteiger partial charge is 0.308 e. The molecule has 3 heteroatoms. The van der Waals surface area contributed by atoms with Crippen LogP contribution in [0.1, 0.15) is 43.7 Å². The monoisotopic (exact) mass is 275 g/mol. The van der Waals surface area contributed by atoms with Crippen molar-refractivity contribution in [3.8, 4) is 0 Å². The van der Waals surface area contributed by atoms with Gasteiger partial charge in [-0.1, -0.05) is 30.7 Å². The first kappa shape index (κ1) is 15.0. The summed E-state index contributed by atoms with van der Waals surface area (Å²) in [4.78, 5) is 14.3. The van der Waals surface area contributed by atoms with E-state index in [9.17, 15) is 4.79 Å². The molecule has 1 aromatic rings. The zero-order valence-corrected chi connectivity index (χ0v) is 12.8. The topological polar surface area (TPSA) is 29.5 Å². The molecular weight excluding hydrogens is 250 g/mol. The van der Waals surface area contributed by atoms with E-state index in [4.69, 9.17) is 4.74 Å². The third-order valence-electron chi connectivity index (χ3n) is 4.40. The Balaban J connectivity index is 2.42. The van der Waals surface area contributed by atoms with Crippen LogP contribution in [-0.4, -0.2) is 31.6 Å². The molecule has 0 radical (unpaired) electrons. The van der Waals surface area contributed by atoms with E-state index >= 15 is 0 Å². The molecule has 3 nitrogen and oxygen atoms in total. The van der Waals surface area contributed by atoms with Gasteiger partial charge in [-0.2, -0.15) is 0 Å². The van der Waals surface area contributed by atoms with Crippen LogP contribution in [0, 0.1) is 0 Å². The number of rotatable bonds is 4. The lowest BCUT2D eigenvalue weighted by molar-refractivity contribution is -0.146. The molecule has 0 aromatic heterocycles. The Morgan fingerprint density at radius 3 is 2.75 bits per heavy atom. The average molecular weight is 275 g/mol. The zero-order valence-electron chi connectivity index (χ0n) is 12.8. The van der Waals surface area contributed by atoms with Crippen LogP contribution in [0.4, 0.5) is 0 Å². The summed E-state index contributed by atoms with van der Waals surface area (Å²) < 4.78 is 5.21. The molecular formula is C17H25NO2. The van der Waals surface area contributed by atoms with Crippen LogP contribution >= 0.6 is 0 Å². The summed E-state index contributed by atoms with van der Waals surface area (Å²) in [7, 11) is 4.14. The SMILES string of the molecule is CCOC(=O)CC1(N(C)C)CCCCc2ccccc21. The molecule has 0 heterocycles. The Labute approximate surface area is 121 Å². The second-order valence-electron chi connectivity index (χ2n) is 5.77. The fraction of sp³-hybridized carbons (Fsp3) is 0.588. The van der Waals surface area contributed by atoms with Gasteiger partial charge in [0.25, 0.3) is 0 Å². The maximum atomic E-state index is 12.1. The molecule has 0 N–H and O–H groups in total. The Bertz CT molecular complexity index is 470. The summed E-state index contributed by atoms with van der Waals surface area (Å²) in [6.45, 7) is 2.31. The van der Waals surface area contributed by atoms with E-state index in [0.29, 0.717) is 13.0 Å². The van der Waals surface area contributed by atoms with E-state index in [1.54, 1.807) is 0 Å². The first-order chi connectivity index (χ1) is 9.60. The molecule has 1 unspecified atom stereocenters. The first-order valence-corrected chi connectivity index (χ1v) is 7.51. The third kappa shape index (κ3) is 2.88. The zero-order chi connectivity index (χ0) is 14.6. The van der Waals surface area contributed by atoms with Crippen LogP contribution in [-0.2, 0) is 21.5 Å². The number of fused-ring (bicyclic) bond motifs is 1. The predicted octanol–water partition coefficient (Wildman–Crippen LogP) is 3.12. The highest BCUT2D eigenvalue weighted by Gasteiger charge is 2.39. The van der Waals surface area contributed by atoms with E-state index in [1.165, 1.54) is 17.5 Å². The third-order valence-corrected chi connectivity index (χ3v) is 4.40. The molecule has 0 fully saturated rings. The molecule has 110 valence electrons. The number of ether oxygens (including phenoxy) is 1. The van der Waals surface area contributed by atoms with Crippen LogP contribution < -0.4 is 0 Å². The average Bonchev–Trinajstić information content (AvgIpc) is 2.60. The van der Waals surface area contributed by atoms with Gasteiger partial charge in [0.15, 0.2) is 0 Å². The number of benzene rings is 1. The lowest BCUT2D eigenvalue weighted by Gasteiger charge is -2.40. The number of esters is 1. The number of carbonyl (C=O) groups is 1. The van der Waals surface area contributed by atoms with Crippen molar-refractivity contribution in [2.75, 3.05) is 20.7 Å². The number of carbonyl (C=O) groups excluding carboxylic acids is 1. The van der Waals surface area contributed by atoms with E-state index in [1.807, 2.05) is 6.92 Å². The van der Waals surface area contributed by atoms with E-state index in [2.05, 4.69) is 43.3 Å². The molecule has 20 heavy (non-hydrogen) atoms. The van der Waals surface area contributed by atoms with Gasteiger partial charge in [0.2, 0.25) is 0 Å². The molecule has 1 aliphatic carbocycles. The van der Waals surface area contributed by atoms with Crippen LogP contribution in [0.25, 0.3) is 0 Å². The van der Waals surface area contributed by atoms with Crippen molar-refractivity contribution in [2.24, 2.45) is 0 Å². The number of nitrogens with zero attached hydrogens (tertiary/aromatic N) is 1. The largest absolute Gasteiger partial charge is 0.466 e. The van der Waals surface area contributed by atoms with Gasteiger partial charge in [-0.3, -0.25) is 9.69 Å². The van der Waals surface area contributed by atoms with Crippen molar-refractivity contribution in [1.29, 1.82) is 0 Å². The summed E-state index contributed by atoms with van der Waals surface area (Å²) >= 11 is 0. The molecule has 0 bridgehead atoms. The highest BCUT2D eigenvalue weighted by Crippen LogP contribution is 2.40. The van der Waals surface area contributed by atoms with Crippen LogP contribution in [0.2, 0.25) is 0 Å². The molecule has 0 saturated carbocycles. The van der Waals surface area contributed by atoms with Gasteiger partial charge in [-0.05, 0) is 51.4 Å². The summed E-state index contributed by atoms with van der Waals surface area (Å²) in [5.74, 6) is -0.0992. The summed E-state index contributed by atoms with van der Waals surface area (Å²) in [5.41, 5.74) is 2.46. The maximum absolute atomic E-state index is 12.1. The van der Waals surface area contributed by atoms with Crippen molar-refractivity contribution in [3.63, 3.8) is 0 Å². The van der Waals surface area contributed by atoms with Crippen LogP contribution in [0.5, 0.6) is 0 Å². The minimum absolute atomic E-state index is 0.0992. The number of hydrogen-bond acceptors (Lipinski definition) is 3. The van der Waals surface area contributed by atoms with Gasteiger partial charge in [0.05, 0.1) is 18.6 Å². The minimum Gasteiger partial charge on any atom is -0.466 e. The molecule has 0 amide bonds. The fourth-order valence-corrected chi connectivity index (χ4v) is 3.32. The van der Waals surface area contributed by atoms with Crippen molar-refractivity contribution in [2.45, 2.75) is 44.6 Å². The second-order valence-corrected chi connectivity index (χ2v) is 5.77. The van der Waals surface area contributed by atoms with Crippen molar-refractivity contribution < 1.29 is 9.53 Å². The first-order valence-electron chi connectivity index (χ1n) is 7.51. The standard InChI is InChI=1S/C17H25NO2/c1-4-20-16(19)13-17(18(2)3)12-8-7-10-14-9-5-6-11-15(14)17/h5-6,9,11H,4,7-8,10,12-13H2,1-3H3. The number of aryl methyl sites for hydroxylation is 1. The summed E-state index contributed by atoms with van der Waals surface area (Å²) in [5, 5.41) is 0. The fourth-order valence-electron chi connectivity index (χ4n) is 3.32. The lowest BCUT2D eigenvalue weighted by Crippen LogP contribution is -2.43. The molecule has 1 atom stereocenters. The Hall–Kier alpha value is -1.35. The predicted molar refractivity (Wildman–Crippen MR) is 80.6 cm³/mol. The Morgan fingerprint density at radius 1 is 1.30 bits per heavy atom. The van der Waals surface area contributed by atoms with E-state index < -0.39 is 0 Å². The van der Waals surface area contributed by atoms with Gasteiger partial charge < -0.3 is 4.74 Å². The van der Waals surface area contributed by atoms with Crippen LogP contribution in [0.15, 0.2) is 24.3 Å². The molecule has 1 aliphatic rings. The van der Waals surface area contributed by atoms with Crippen LogP contribution in [0.3, 0.4) is 0 Å². The van der Waals surface area contributed by atoms with Crippen molar-refractivity contribution in [3.05, 3.63) is 35.4 Å². The molecule has 1 aromatic carbocycles. The Kier molecular flexibility index (Phi) is 4.81. The van der Waals surface area contributed by atoms with E-state index in [-0.39, 0.29) is 11.5 Å². The quantitative estimate of drug-likeness (QED) is 0.624. The van der Waals surface area contributed by atoms with Gasteiger partial charge in [0.1, 0.15) is 0 Å². The highest BCUT2D eigenvalue weighted by molar-refractivity contribution is 5.71. The number of hydrogen-bond donors (Lipinski definition) is 0.